The molecule has 1 N–H and O–H groups in total. The van der Waals surface area contributed by atoms with Gasteiger partial charge in [-0.2, -0.15) is 5.10 Å². The molecule has 100 valence electrons. The zero-order valence-corrected chi connectivity index (χ0v) is 11.1. The Morgan fingerprint density at radius 2 is 2.11 bits per heavy atom. The molecule has 4 nitrogen and oxygen atoms in total. The summed E-state index contributed by atoms with van der Waals surface area (Å²) < 4.78 is 1.71. The number of hydrogen-bond donors (Lipinski definition) is 1. The van der Waals surface area contributed by atoms with E-state index in [9.17, 15) is 5.11 Å². The van der Waals surface area contributed by atoms with Crippen LogP contribution in [0.3, 0.4) is 0 Å². The molecular weight excluding hydrogens is 238 g/mol. The molecule has 1 aromatic carbocycles. The van der Waals surface area contributed by atoms with E-state index in [1.807, 2.05) is 30.3 Å². The molecule has 1 saturated carbocycles. The van der Waals surface area contributed by atoms with Crippen molar-refractivity contribution < 1.29 is 5.11 Å². The predicted octanol–water partition coefficient (Wildman–Crippen LogP) is 2.21. The smallest absolute Gasteiger partial charge is 0.137 e. The van der Waals surface area contributed by atoms with Crippen LogP contribution in [-0.2, 0) is 12.1 Å². The fourth-order valence-electron chi connectivity index (χ4n) is 2.77. The Morgan fingerprint density at radius 3 is 2.68 bits per heavy atom. The zero-order valence-electron chi connectivity index (χ0n) is 11.1. The lowest BCUT2D eigenvalue weighted by Gasteiger charge is -2.34. The quantitative estimate of drug-likeness (QED) is 0.893. The third kappa shape index (κ3) is 2.40. The average Bonchev–Trinajstić information content (AvgIpc) is 3.17. The topological polar surface area (TPSA) is 50.9 Å². The van der Waals surface area contributed by atoms with Gasteiger partial charge in [0.05, 0.1) is 6.54 Å². The second-order valence-corrected chi connectivity index (χ2v) is 5.51. The zero-order chi connectivity index (χ0) is 13.3. The first kappa shape index (κ1) is 12.4. The second kappa shape index (κ2) is 4.78. The van der Waals surface area contributed by atoms with Crippen LogP contribution in [0.15, 0.2) is 43.0 Å². The molecule has 2 unspecified atom stereocenters. The van der Waals surface area contributed by atoms with Crippen LogP contribution >= 0.6 is 0 Å². The molecular formula is C15H19N3O. The maximum atomic E-state index is 11.2. The summed E-state index contributed by atoms with van der Waals surface area (Å²) in [7, 11) is 0. The molecule has 4 heteroatoms. The van der Waals surface area contributed by atoms with Crippen molar-refractivity contribution in [3.63, 3.8) is 0 Å². The molecule has 3 rings (SSSR count). The van der Waals surface area contributed by atoms with Gasteiger partial charge in [-0.05, 0) is 30.2 Å². The monoisotopic (exact) mass is 257 g/mol. The lowest BCUT2D eigenvalue weighted by Crippen LogP contribution is -2.39. The number of hydrogen-bond acceptors (Lipinski definition) is 3. The summed E-state index contributed by atoms with van der Waals surface area (Å²) in [6, 6.07) is 9.91. The lowest BCUT2D eigenvalue weighted by molar-refractivity contribution is -0.0442. The molecule has 0 amide bonds. The maximum absolute atomic E-state index is 11.2. The minimum atomic E-state index is -0.879. The number of aromatic nitrogens is 3. The van der Waals surface area contributed by atoms with Crippen molar-refractivity contribution in [3.8, 4) is 0 Å². The van der Waals surface area contributed by atoms with Crippen LogP contribution in [0.1, 0.15) is 25.3 Å². The number of benzene rings is 1. The van der Waals surface area contributed by atoms with Gasteiger partial charge in [0.15, 0.2) is 0 Å². The van der Waals surface area contributed by atoms with Gasteiger partial charge in [-0.15, -0.1) is 0 Å². The van der Waals surface area contributed by atoms with Crippen molar-refractivity contribution in [2.45, 2.75) is 31.9 Å². The standard InChI is InChI=1S/C15H19N3O/c1-12(13-7-8-13)15(19,9-18-11-16-10-17-18)14-5-3-2-4-6-14/h2-6,10-13,19H,7-9H2,1H3. The van der Waals surface area contributed by atoms with E-state index in [1.165, 1.54) is 19.2 Å². The summed E-state index contributed by atoms with van der Waals surface area (Å²) in [4.78, 5) is 3.96. The SMILES string of the molecule is CC(C1CC1)C(O)(Cn1cncn1)c1ccccc1. The molecule has 1 aromatic heterocycles. The normalized spacial score (nSPS) is 19.9. The molecule has 2 atom stereocenters. The Bertz CT molecular complexity index is 522. The molecule has 1 heterocycles. The molecule has 19 heavy (non-hydrogen) atoms. The van der Waals surface area contributed by atoms with Gasteiger partial charge < -0.3 is 5.11 Å². The third-order valence-corrected chi connectivity index (χ3v) is 4.23. The molecule has 0 spiro atoms. The maximum Gasteiger partial charge on any atom is 0.137 e. The largest absolute Gasteiger partial charge is 0.383 e. The highest BCUT2D eigenvalue weighted by Crippen LogP contribution is 2.46. The highest BCUT2D eigenvalue weighted by molar-refractivity contribution is 5.23. The average molecular weight is 257 g/mol. The fourth-order valence-corrected chi connectivity index (χ4v) is 2.77. The third-order valence-electron chi connectivity index (χ3n) is 4.23. The van der Waals surface area contributed by atoms with E-state index >= 15 is 0 Å². The van der Waals surface area contributed by atoms with Crippen LogP contribution in [-0.4, -0.2) is 19.9 Å². The van der Waals surface area contributed by atoms with Crippen molar-refractivity contribution in [2.24, 2.45) is 11.8 Å². The number of nitrogens with zero attached hydrogens (tertiary/aromatic N) is 3. The second-order valence-electron chi connectivity index (χ2n) is 5.51. The van der Waals surface area contributed by atoms with Crippen molar-refractivity contribution in [1.82, 2.24) is 14.8 Å². The van der Waals surface area contributed by atoms with Gasteiger partial charge in [-0.25, -0.2) is 9.67 Å². The molecule has 0 saturated heterocycles. The number of rotatable bonds is 5. The van der Waals surface area contributed by atoms with Crippen molar-refractivity contribution in [2.75, 3.05) is 0 Å². The van der Waals surface area contributed by atoms with Crippen LogP contribution in [0.4, 0.5) is 0 Å². The van der Waals surface area contributed by atoms with E-state index in [0.717, 1.165) is 5.56 Å². The van der Waals surface area contributed by atoms with Crippen LogP contribution < -0.4 is 0 Å². The molecule has 0 aliphatic heterocycles. The van der Waals surface area contributed by atoms with E-state index in [1.54, 1.807) is 11.0 Å². The Hall–Kier alpha value is -1.68. The van der Waals surface area contributed by atoms with E-state index in [2.05, 4.69) is 17.0 Å². The Kier molecular flexibility index (Phi) is 3.11. The van der Waals surface area contributed by atoms with E-state index in [0.29, 0.717) is 12.5 Å². The molecule has 1 aliphatic rings. The predicted molar refractivity (Wildman–Crippen MR) is 72.2 cm³/mol. The van der Waals surface area contributed by atoms with Gasteiger partial charge in [0.25, 0.3) is 0 Å². The van der Waals surface area contributed by atoms with Gasteiger partial charge >= 0.3 is 0 Å². The van der Waals surface area contributed by atoms with Crippen LogP contribution in [0.5, 0.6) is 0 Å². The molecule has 1 fully saturated rings. The summed E-state index contributed by atoms with van der Waals surface area (Å²) in [5, 5.41) is 15.4. The molecule has 2 aromatic rings. The van der Waals surface area contributed by atoms with Gasteiger partial charge in [-0.3, -0.25) is 0 Å². The molecule has 0 bridgehead atoms. The first-order chi connectivity index (χ1) is 9.20. The first-order valence-electron chi connectivity index (χ1n) is 6.80. The van der Waals surface area contributed by atoms with Crippen molar-refractivity contribution in [3.05, 3.63) is 48.5 Å². The van der Waals surface area contributed by atoms with Gasteiger partial charge in [0.1, 0.15) is 18.3 Å². The Balaban J connectivity index is 1.94. The minimum absolute atomic E-state index is 0.221. The minimum Gasteiger partial charge on any atom is -0.383 e. The van der Waals surface area contributed by atoms with E-state index < -0.39 is 5.60 Å². The Morgan fingerprint density at radius 1 is 1.37 bits per heavy atom. The highest BCUT2D eigenvalue weighted by Gasteiger charge is 2.44. The lowest BCUT2D eigenvalue weighted by atomic mass is 9.79. The van der Waals surface area contributed by atoms with Crippen molar-refractivity contribution >= 4 is 0 Å². The first-order valence-corrected chi connectivity index (χ1v) is 6.80. The summed E-state index contributed by atoms with van der Waals surface area (Å²) in [5.41, 5.74) is 0.0840. The van der Waals surface area contributed by atoms with E-state index in [-0.39, 0.29) is 5.92 Å². The number of aliphatic hydroxyl groups is 1. The van der Waals surface area contributed by atoms with Gasteiger partial charge in [-0.1, -0.05) is 37.3 Å². The summed E-state index contributed by atoms with van der Waals surface area (Å²) >= 11 is 0. The van der Waals surface area contributed by atoms with Crippen molar-refractivity contribution in [1.29, 1.82) is 0 Å². The summed E-state index contributed by atoms with van der Waals surface area (Å²) in [6.07, 6.45) is 5.60. The fraction of sp³-hybridized carbons (Fsp3) is 0.467. The molecule has 1 aliphatic carbocycles. The van der Waals surface area contributed by atoms with E-state index in [4.69, 9.17) is 0 Å². The Labute approximate surface area is 113 Å². The van der Waals surface area contributed by atoms with Crippen LogP contribution in [0.25, 0.3) is 0 Å². The van der Waals surface area contributed by atoms with Crippen LogP contribution in [0, 0.1) is 11.8 Å². The summed E-state index contributed by atoms with van der Waals surface area (Å²) in [6.45, 7) is 2.59. The van der Waals surface area contributed by atoms with Gasteiger partial charge in [0.2, 0.25) is 0 Å². The van der Waals surface area contributed by atoms with Gasteiger partial charge in [0, 0.05) is 0 Å². The molecule has 0 radical (unpaired) electrons. The summed E-state index contributed by atoms with van der Waals surface area (Å²) in [5.74, 6) is 0.841. The highest BCUT2D eigenvalue weighted by atomic mass is 16.3. The van der Waals surface area contributed by atoms with Crippen LogP contribution in [0.2, 0.25) is 0 Å².